The highest BCUT2D eigenvalue weighted by atomic mass is 31.2. The summed E-state index contributed by atoms with van der Waals surface area (Å²) in [6, 6.07) is 0. The molecule has 0 saturated carbocycles. The molecule has 0 saturated heterocycles. The van der Waals surface area contributed by atoms with Gasteiger partial charge in [0.1, 0.15) is 0 Å². The average Bonchev–Trinajstić information content (AvgIpc) is 2.26. The van der Waals surface area contributed by atoms with Gasteiger partial charge in [-0.2, -0.15) is 0 Å². The summed E-state index contributed by atoms with van der Waals surface area (Å²) in [4.78, 5) is 0. The smallest absolute Gasteiger partial charge is 0.327 e. The zero-order chi connectivity index (χ0) is 16.2. The Kier molecular flexibility index (Phi) is 6.82. The molecular formula is C12H27O4PSi3. The second-order valence-corrected chi connectivity index (χ2v) is 20.1. The van der Waals surface area contributed by atoms with Crippen LogP contribution in [0.5, 0.6) is 0 Å². The molecule has 20 heavy (non-hydrogen) atoms. The number of phosphoric acid groups is 1. The summed E-state index contributed by atoms with van der Waals surface area (Å²) in [5.41, 5.74) is 5.12. The Labute approximate surface area is 126 Å². The monoisotopic (exact) mass is 350 g/mol. The van der Waals surface area contributed by atoms with E-state index in [-0.39, 0.29) is 0 Å². The Balaban J connectivity index is 5.45. The first-order valence-electron chi connectivity index (χ1n) is 6.43. The molecule has 0 bridgehead atoms. The molecule has 0 aromatic rings. The van der Waals surface area contributed by atoms with Crippen molar-refractivity contribution in [3.8, 4) is 0 Å². The zero-order valence-electron chi connectivity index (χ0n) is 13.4. The van der Waals surface area contributed by atoms with Gasteiger partial charge >= 0.3 is 7.82 Å². The second kappa shape index (κ2) is 6.83. The molecule has 0 rings (SSSR count). The summed E-state index contributed by atoms with van der Waals surface area (Å²) in [5.74, 6) is 0. The van der Waals surface area contributed by atoms with Crippen molar-refractivity contribution >= 4 is 32.8 Å². The number of hydrogen-bond donors (Lipinski definition) is 0. The van der Waals surface area contributed by atoms with Crippen molar-refractivity contribution in [3.05, 3.63) is 36.8 Å². The predicted molar refractivity (Wildman–Crippen MR) is 93.9 cm³/mol. The van der Waals surface area contributed by atoms with Crippen molar-refractivity contribution in [2.24, 2.45) is 0 Å². The molecular weight excluding hydrogens is 323 g/mol. The maximum absolute atomic E-state index is 13.0. The van der Waals surface area contributed by atoms with E-state index in [1.165, 1.54) is 0 Å². The van der Waals surface area contributed by atoms with E-state index >= 15 is 0 Å². The summed E-state index contributed by atoms with van der Waals surface area (Å²) in [6.45, 7) is 22.6. The van der Waals surface area contributed by atoms with Crippen LogP contribution in [-0.2, 0) is 17.2 Å². The van der Waals surface area contributed by atoms with Gasteiger partial charge < -0.3 is 12.6 Å². The first-order chi connectivity index (χ1) is 8.80. The minimum atomic E-state index is -3.66. The van der Waals surface area contributed by atoms with E-state index in [1.807, 2.05) is 39.3 Å². The molecule has 0 aromatic heterocycles. The van der Waals surface area contributed by atoms with Crippen molar-refractivity contribution in [2.45, 2.75) is 39.3 Å². The summed E-state index contributed by atoms with van der Waals surface area (Å²) >= 11 is 0. The third-order valence-electron chi connectivity index (χ3n) is 2.52. The molecule has 4 nitrogen and oxygen atoms in total. The van der Waals surface area contributed by atoms with E-state index in [1.54, 1.807) is 17.1 Å². The van der Waals surface area contributed by atoms with Crippen LogP contribution >= 0.6 is 7.82 Å². The van der Waals surface area contributed by atoms with E-state index in [9.17, 15) is 4.57 Å². The van der Waals surface area contributed by atoms with Crippen LogP contribution in [0, 0.1) is 0 Å². The van der Waals surface area contributed by atoms with Crippen LogP contribution in [0.4, 0.5) is 0 Å². The van der Waals surface area contributed by atoms with Crippen LogP contribution in [0.2, 0.25) is 39.3 Å². The summed E-state index contributed by atoms with van der Waals surface area (Å²) < 4.78 is 30.3. The van der Waals surface area contributed by atoms with Crippen LogP contribution in [0.25, 0.3) is 0 Å². The van der Waals surface area contributed by atoms with Gasteiger partial charge in [-0.25, -0.2) is 4.57 Å². The van der Waals surface area contributed by atoms with Gasteiger partial charge in [-0.1, -0.05) is 17.1 Å². The van der Waals surface area contributed by atoms with Crippen LogP contribution < -0.4 is 0 Å². The van der Waals surface area contributed by atoms with E-state index in [0.717, 1.165) is 0 Å². The second-order valence-electron chi connectivity index (χ2n) is 6.14. The minimum Gasteiger partial charge on any atom is -0.327 e. The molecule has 0 aromatic carbocycles. The van der Waals surface area contributed by atoms with Crippen molar-refractivity contribution in [3.63, 3.8) is 0 Å². The van der Waals surface area contributed by atoms with Gasteiger partial charge in [-0.15, -0.1) is 19.7 Å². The molecule has 8 heteroatoms. The van der Waals surface area contributed by atoms with Gasteiger partial charge in [0, 0.05) is 0 Å². The molecule has 0 heterocycles. The zero-order valence-corrected chi connectivity index (χ0v) is 17.3. The standard InChI is InChI=1S/C12H27O4PSi3/c1-10-18(4,5)14-17(13,15-19(6,7)11-2)16-20(8,9)12-3/h10-12H,1-3H2,4-9H3. The van der Waals surface area contributed by atoms with Gasteiger partial charge in [-0.3, -0.25) is 0 Å². The van der Waals surface area contributed by atoms with Gasteiger partial charge in [0.2, 0.25) is 25.0 Å². The number of hydrogen-bond acceptors (Lipinski definition) is 4. The van der Waals surface area contributed by atoms with Crippen molar-refractivity contribution in [2.75, 3.05) is 0 Å². The lowest BCUT2D eigenvalue weighted by molar-refractivity contribution is 0.296. The largest absolute Gasteiger partial charge is 0.446 e. The predicted octanol–water partition coefficient (Wildman–Crippen LogP) is 4.94. The molecule has 0 radical (unpaired) electrons. The third-order valence-corrected chi connectivity index (χ3v) is 13.8. The van der Waals surface area contributed by atoms with Crippen LogP contribution in [0.3, 0.4) is 0 Å². The number of rotatable bonds is 9. The molecule has 0 N–H and O–H groups in total. The molecule has 0 aliphatic carbocycles. The van der Waals surface area contributed by atoms with Crippen LogP contribution in [0.15, 0.2) is 36.8 Å². The van der Waals surface area contributed by atoms with Crippen molar-refractivity contribution in [1.82, 2.24) is 0 Å². The Hall–Kier alpha value is -0.0194. The van der Waals surface area contributed by atoms with Gasteiger partial charge in [0.25, 0.3) is 0 Å². The van der Waals surface area contributed by atoms with Gasteiger partial charge in [0.05, 0.1) is 0 Å². The minimum absolute atomic E-state index is 1.71. The fraction of sp³-hybridized carbons (Fsp3) is 0.500. The SMILES string of the molecule is C=C[Si](C)(C)OP(=O)(O[Si](C)(C)C=C)O[Si](C)(C)C=C. The van der Waals surface area contributed by atoms with E-state index in [2.05, 4.69) is 19.7 Å². The maximum Gasteiger partial charge on any atom is 0.446 e. The average molecular weight is 351 g/mol. The van der Waals surface area contributed by atoms with E-state index < -0.39 is 32.8 Å². The fourth-order valence-corrected chi connectivity index (χ4v) is 10.3. The summed E-state index contributed by atoms with van der Waals surface area (Å²) in [7, 11) is -10.6. The highest BCUT2D eigenvalue weighted by Gasteiger charge is 2.43. The van der Waals surface area contributed by atoms with E-state index in [4.69, 9.17) is 12.6 Å². The normalized spacial score (nSPS) is 13.9. The topological polar surface area (TPSA) is 44.8 Å². The van der Waals surface area contributed by atoms with Crippen LogP contribution in [0.1, 0.15) is 0 Å². The molecule has 0 amide bonds. The third kappa shape index (κ3) is 7.12. The molecule has 0 aliphatic heterocycles. The first kappa shape index (κ1) is 20.0. The molecule has 0 spiro atoms. The van der Waals surface area contributed by atoms with E-state index in [0.29, 0.717) is 0 Å². The highest BCUT2D eigenvalue weighted by Crippen LogP contribution is 2.56. The Morgan fingerprint density at radius 2 is 0.900 bits per heavy atom. The van der Waals surface area contributed by atoms with Crippen molar-refractivity contribution in [1.29, 1.82) is 0 Å². The van der Waals surface area contributed by atoms with Gasteiger partial charge in [-0.05, 0) is 39.3 Å². The molecule has 0 atom stereocenters. The quantitative estimate of drug-likeness (QED) is 0.436. The lowest BCUT2D eigenvalue weighted by Crippen LogP contribution is -2.36. The lowest BCUT2D eigenvalue weighted by atomic mass is 11.3. The highest BCUT2D eigenvalue weighted by molar-refractivity contribution is 7.54. The Bertz CT molecular complexity index is 371. The van der Waals surface area contributed by atoms with Gasteiger partial charge in [0.15, 0.2) is 0 Å². The Morgan fingerprint density at radius 3 is 1.05 bits per heavy atom. The first-order valence-corrected chi connectivity index (χ1v) is 16.9. The maximum atomic E-state index is 13.0. The summed E-state index contributed by atoms with van der Waals surface area (Å²) in [6.07, 6.45) is 0. The molecule has 116 valence electrons. The summed E-state index contributed by atoms with van der Waals surface area (Å²) in [5, 5.41) is 0. The fourth-order valence-electron chi connectivity index (χ4n) is 1.03. The van der Waals surface area contributed by atoms with Crippen molar-refractivity contribution < 1.29 is 17.2 Å². The lowest BCUT2D eigenvalue weighted by Gasteiger charge is -2.34. The van der Waals surface area contributed by atoms with Crippen LogP contribution in [-0.4, -0.2) is 25.0 Å². The molecule has 0 fully saturated rings. The molecule has 0 aliphatic rings. The Morgan fingerprint density at radius 1 is 0.700 bits per heavy atom. The molecule has 0 unspecified atom stereocenters.